The first kappa shape index (κ1) is 20.0. The van der Waals surface area contributed by atoms with Crippen LogP contribution in [0.15, 0.2) is 61.2 Å². The second-order valence-corrected chi connectivity index (χ2v) is 7.76. The van der Waals surface area contributed by atoms with Crippen LogP contribution in [-0.4, -0.2) is 22.3 Å². The third-order valence-electron chi connectivity index (χ3n) is 4.41. The maximum Gasteiger partial charge on any atom is 0.167 e. The van der Waals surface area contributed by atoms with E-state index < -0.39 is 0 Å². The molecule has 0 aliphatic carbocycles. The summed E-state index contributed by atoms with van der Waals surface area (Å²) in [5.41, 5.74) is 4.47. The highest BCUT2D eigenvalue weighted by Crippen LogP contribution is 2.33. The van der Waals surface area contributed by atoms with Gasteiger partial charge < -0.3 is 4.90 Å². The summed E-state index contributed by atoms with van der Waals surface area (Å²) in [7, 11) is 0. The van der Waals surface area contributed by atoms with Gasteiger partial charge in [-0.15, -0.1) is 0 Å². The van der Waals surface area contributed by atoms with Crippen LogP contribution in [0.4, 0.5) is 11.4 Å². The van der Waals surface area contributed by atoms with E-state index in [1.54, 1.807) is 12.4 Å². The van der Waals surface area contributed by atoms with Crippen molar-refractivity contribution in [3.05, 3.63) is 82.9 Å². The standard InChI is InChI=1S/C23H24ClN3O/c1-16(2)14-27(20-12-25-15-26-13-20)22-10-18(7-8-21(22)24)11-23(28)19-6-4-5-17(3)9-19/h4-10,12-13,15-16H,11,14H2,1-3H3. The van der Waals surface area contributed by atoms with Crippen LogP contribution >= 0.6 is 11.6 Å². The number of ketones is 1. The van der Waals surface area contributed by atoms with Crippen LogP contribution in [0, 0.1) is 12.8 Å². The van der Waals surface area contributed by atoms with Gasteiger partial charge in [0, 0.05) is 18.5 Å². The van der Waals surface area contributed by atoms with Gasteiger partial charge in [0.1, 0.15) is 6.33 Å². The van der Waals surface area contributed by atoms with E-state index in [1.807, 2.05) is 49.4 Å². The minimum absolute atomic E-state index is 0.0930. The number of hydrogen-bond acceptors (Lipinski definition) is 4. The predicted molar refractivity (Wildman–Crippen MR) is 115 cm³/mol. The summed E-state index contributed by atoms with van der Waals surface area (Å²) >= 11 is 6.53. The van der Waals surface area contributed by atoms with E-state index in [9.17, 15) is 4.79 Å². The largest absolute Gasteiger partial charge is 0.337 e. The Morgan fingerprint density at radius 1 is 1.11 bits per heavy atom. The normalized spacial score (nSPS) is 10.9. The molecule has 0 saturated heterocycles. The fraction of sp³-hybridized carbons (Fsp3) is 0.261. The maximum absolute atomic E-state index is 12.7. The number of aromatic nitrogens is 2. The van der Waals surface area contributed by atoms with E-state index in [0.29, 0.717) is 17.4 Å². The Balaban J connectivity index is 1.92. The SMILES string of the molecule is Cc1cccc(C(=O)Cc2ccc(Cl)c(N(CC(C)C)c3cncnc3)c2)c1. The molecule has 0 aliphatic rings. The van der Waals surface area contributed by atoms with Crippen molar-refractivity contribution in [2.24, 2.45) is 5.92 Å². The number of Topliss-reactive ketones (excluding diaryl/α,β-unsaturated/α-hetero) is 1. The van der Waals surface area contributed by atoms with Gasteiger partial charge in [0.15, 0.2) is 5.78 Å². The molecule has 144 valence electrons. The van der Waals surface area contributed by atoms with Gasteiger partial charge in [-0.2, -0.15) is 0 Å². The molecule has 5 heteroatoms. The molecule has 0 bridgehead atoms. The number of hydrogen-bond donors (Lipinski definition) is 0. The molecule has 0 atom stereocenters. The van der Waals surface area contributed by atoms with Crippen LogP contribution in [0.1, 0.15) is 35.3 Å². The minimum Gasteiger partial charge on any atom is -0.337 e. The summed E-state index contributed by atoms with van der Waals surface area (Å²) in [6.45, 7) is 7.05. The van der Waals surface area contributed by atoms with Crippen molar-refractivity contribution in [2.45, 2.75) is 27.2 Å². The molecule has 1 aromatic heterocycles. The Morgan fingerprint density at radius 2 is 1.86 bits per heavy atom. The molecule has 4 nitrogen and oxygen atoms in total. The number of carbonyl (C=O) groups is 1. The van der Waals surface area contributed by atoms with Crippen LogP contribution in [0.3, 0.4) is 0 Å². The van der Waals surface area contributed by atoms with Crippen molar-refractivity contribution < 1.29 is 4.79 Å². The van der Waals surface area contributed by atoms with Crippen molar-refractivity contribution in [2.75, 3.05) is 11.4 Å². The van der Waals surface area contributed by atoms with E-state index in [1.165, 1.54) is 6.33 Å². The number of rotatable bonds is 7. The smallest absolute Gasteiger partial charge is 0.167 e. The number of carbonyl (C=O) groups excluding carboxylic acids is 1. The Labute approximate surface area is 171 Å². The lowest BCUT2D eigenvalue weighted by Crippen LogP contribution is -2.23. The highest BCUT2D eigenvalue weighted by atomic mass is 35.5. The molecule has 3 rings (SSSR count). The number of benzene rings is 2. The number of nitrogens with zero attached hydrogens (tertiary/aromatic N) is 3. The molecular weight excluding hydrogens is 370 g/mol. The Kier molecular flexibility index (Phi) is 6.42. The van der Waals surface area contributed by atoms with Crippen molar-refractivity contribution in [1.82, 2.24) is 9.97 Å². The molecule has 0 amide bonds. The summed E-state index contributed by atoms with van der Waals surface area (Å²) < 4.78 is 0. The van der Waals surface area contributed by atoms with E-state index in [0.717, 1.165) is 34.6 Å². The third-order valence-corrected chi connectivity index (χ3v) is 4.73. The maximum atomic E-state index is 12.7. The molecule has 0 spiro atoms. The molecule has 28 heavy (non-hydrogen) atoms. The van der Waals surface area contributed by atoms with Crippen LogP contribution in [0.25, 0.3) is 0 Å². The zero-order chi connectivity index (χ0) is 20.1. The Hall–Kier alpha value is -2.72. The molecule has 0 N–H and O–H groups in total. The van der Waals surface area contributed by atoms with Gasteiger partial charge in [-0.3, -0.25) is 4.79 Å². The molecule has 0 aliphatic heterocycles. The third kappa shape index (κ3) is 4.96. The van der Waals surface area contributed by atoms with Gasteiger partial charge in [-0.1, -0.05) is 55.3 Å². The average molecular weight is 394 g/mol. The Bertz CT molecular complexity index is 957. The molecule has 0 unspecified atom stereocenters. The van der Waals surface area contributed by atoms with Crippen LogP contribution < -0.4 is 4.90 Å². The summed E-state index contributed by atoms with van der Waals surface area (Å²) in [6, 6.07) is 13.4. The van der Waals surface area contributed by atoms with Gasteiger partial charge in [-0.25, -0.2) is 9.97 Å². The van der Waals surface area contributed by atoms with E-state index in [-0.39, 0.29) is 5.78 Å². The first-order valence-electron chi connectivity index (χ1n) is 9.35. The lowest BCUT2D eigenvalue weighted by molar-refractivity contribution is 0.0993. The summed E-state index contributed by atoms with van der Waals surface area (Å²) in [4.78, 5) is 23.1. The predicted octanol–water partition coefficient (Wildman–Crippen LogP) is 5.66. The van der Waals surface area contributed by atoms with Crippen LogP contribution in [0.5, 0.6) is 0 Å². The quantitative estimate of drug-likeness (QED) is 0.486. The average Bonchev–Trinajstić information content (AvgIpc) is 2.68. The van der Waals surface area contributed by atoms with Crippen molar-refractivity contribution >= 4 is 28.8 Å². The second kappa shape index (κ2) is 8.98. The van der Waals surface area contributed by atoms with E-state index >= 15 is 0 Å². The summed E-state index contributed by atoms with van der Waals surface area (Å²) in [5, 5.41) is 0.635. The van der Waals surface area contributed by atoms with Crippen molar-refractivity contribution in [3.63, 3.8) is 0 Å². The van der Waals surface area contributed by atoms with Gasteiger partial charge in [-0.05, 0) is 36.6 Å². The second-order valence-electron chi connectivity index (χ2n) is 7.36. The van der Waals surface area contributed by atoms with E-state index in [2.05, 4.69) is 28.7 Å². The first-order valence-corrected chi connectivity index (χ1v) is 9.72. The molecule has 0 radical (unpaired) electrons. The van der Waals surface area contributed by atoms with Crippen LogP contribution in [0.2, 0.25) is 5.02 Å². The fourth-order valence-corrected chi connectivity index (χ4v) is 3.34. The lowest BCUT2D eigenvalue weighted by Gasteiger charge is -2.27. The number of halogens is 1. The highest BCUT2D eigenvalue weighted by Gasteiger charge is 2.17. The zero-order valence-corrected chi connectivity index (χ0v) is 17.1. The summed E-state index contributed by atoms with van der Waals surface area (Å²) in [5.74, 6) is 0.504. The number of anilines is 2. The monoisotopic (exact) mass is 393 g/mol. The molecule has 0 saturated carbocycles. The van der Waals surface area contributed by atoms with Crippen molar-refractivity contribution in [1.29, 1.82) is 0 Å². The molecule has 1 heterocycles. The minimum atomic E-state index is 0.0930. The van der Waals surface area contributed by atoms with Gasteiger partial charge in [0.05, 0.1) is 28.8 Å². The van der Waals surface area contributed by atoms with Crippen molar-refractivity contribution in [3.8, 4) is 0 Å². The lowest BCUT2D eigenvalue weighted by atomic mass is 10.0. The summed E-state index contributed by atoms with van der Waals surface area (Å²) in [6.07, 6.45) is 5.39. The first-order chi connectivity index (χ1) is 13.4. The molecule has 0 fully saturated rings. The zero-order valence-electron chi connectivity index (χ0n) is 16.4. The topological polar surface area (TPSA) is 46.1 Å². The fourth-order valence-electron chi connectivity index (χ4n) is 3.12. The van der Waals surface area contributed by atoms with Crippen LogP contribution in [-0.2, 0) is 6.42 Å². The van der Waals surface area contributed by atoms with E-state index in [4.69, 9.17) is 11.6 Å². The molecule has 3 aromatic rings. The molecule has 2 aromatic carbocycles. The van der Waals surface area contributed by atoms with Gasteiger partial charge in [0.2, 0.25) is 0 Å². The molecular formula is C23H24ClN3O. The Morgan fingerprint density at radius 3 is 2.54 bits per heavy atom. The number of aryl methyl sites for hydroxylation is 1. The van der Waals surface area contributed by atoms with Gasteiger partial charge >= 0.3 is 0 Å². The highest BCUT2D eigenvalue weighted by molar-refractivity contribution is 6.33. The van der Waals surface area contributed by atoms with Gasteiger partial charge in [0.25, 0.3) is 0 Å².